The summed E-state index contributed by atoms with van der Waals surface area (Å²) in [6.07, 6.45) is 1.31. The van der Waals surface area contributed by atoms with E-state index in [2.05, 4.69) is 26.2 Å². The summed E-state index contributed by atoms with van der Waals surface area (Å²) in [5, 5.41) is 3.46. The van der Waals surface area contributed by atoms with Gasteiger partial charge in [0, 0.05) is 22.4 Å². The zero-order chi connectivity index (χ0) is 19.0. The fourth-order valence-corrected chi connectivity index (χ4v) is 3.48. The quantitative estimate of drug-likeness (QED) is 0.645. The first-order valence-corrected chi connectivity index (χ1v) is 9.33. The lowest BCUT2D eigenvalue weighted by atomic mass is 10.2. The number of pyridine rings is 1. The van der Waals surface area contributed by atoms with Crippen LogP contribution in [0.3, 0.4) is 0 Å². The number of hydrogen-bond donors (Lipinski definition) is 1. The number of nitrogens with zero attached hydrogens (tertiary/aromatic N) is 2. The minimum absolute atomic E-state index is 0.0855. The SMILES string of the molecule is COc1cccc(N2C(=O)c3cccnc3[C@@H]2Nc2ccc(Br)c(C)c2)c1. The molecule has 1 aliphatic rings. The topological polar surface area (TPSA) is 54.5 Å². The molecule has 0 radical (unpaired) electrons. The smallest absolute Gasteiger partial charge is 0.262 e. The largest absolute Gasteiger partial charge is 0.497 e. The maximum atomic E-state index is 13.1. The summed E-state index contributed by atoms with van der Waals surface area (Å²) < 4.78 is 6.37. The van der Waals surface area contributed by atoms with Crippen LogP contribution in [-0.2, 0) is 0 Å². The fourth-order valence-electron chi connectivity index (χ4n) is 3.24. The molecule has 3 aromatic rings. The number of rotatable bonds is 4. The van der Waals surface area contributed by atoms with E-state index in [9.17, 15) is 4.79 Å². The predicted octanol–water partition coefficient (Wildman–Crippen LogP) is 4.93. The molecule has 2 heterocycles. The van der Waals surface area contributed by atoms with Gasteiger partial charge in [-0.1, -0.05) is 22.0 Å². The van der Waals surface area contributed by atoms with Crippen molar-refractivity contribution in [3.8, 4) is 5.75 Å². The standard InChI is InChI=1S/C21H18BrN3O2/c1-13-11-14(8-9-18(13)22)24-20-19-17(7-4-10-23-19)21(26)25(20)15-5-3-6-16(12-15)27-2/h3-12,20,24H,1-2H3/t20-/m1/s1. The van der Waals surface area contributed by atoms with Gasteiger partial charge in [0.2, 0.25) is 0 Å². The highest BCUT2D eigenvalue weighted by Gasteiger charge is 2.39. The average Bonchev–Trinajstić information content (AvgIpc) is 2.97. The van der Waals surface area contributed by atoms with Crippen molar-refractivity contribution in [3.05, 3.63) is 82.1 Å². The molecule has 4 rings (SSSR count). The number of halogens is 1. The van der Waals surface area contributed by atoms with Gasteiger partial charge in [-0.05, 0) is 55.0 Å². The Morgan fingerprint density at radius 1 is 1.15 bits per heavy atom. The molecule has 0 saturated heterocycles. The molecule has 1 aliphatic heterocycles. The first-order chi connectivity index (χ1) is 13.1. The van der Waals surface area contributed by atoms with Crippen molar-refractivity contribution in [3.63, 3.8) is 0 Å². The molecular weight excluding hydrogens is 406 g/mol. The minimum atomic E-state index is -0.401. The second-order valence-electron chi connectivity index (χ2n) is 6.32. The molecule has 1 N–H and O–H groups in total. The van der Waals surface area contributed by atoms with E-state index >= 15 is 0 Å². The van der Waals surface area contributed by atoms with Gasteiger partial charge >= 0.3 is 0 Å². The number of fused-ring (bicyclic) bond motifs is 1. The van der Waals surface area contributed by atoms with Gasteiger partial charge in [0.05, 0.1) is 24.1 Å². The fraction of sp³-hybridized carbons (Fsp3) is 0.143. The number of aromatic nitrogens is 1. The number of hydrogen-bond acceptors (Lipinski definition) is 4. The lowest BCUT2D eigenvalue weighted by Crippen LogP contribution is -2.32. The van der Waals surface area contributed by atoms with Crippen molar-refractivity contribution < 1.29 is 9.53 Å². The molecular formula is C21H18BrN3O2. The molecule has 136 valence electrons. The Balaban J connectivity index is 1.78. The zero-order valence-corrected chi connectivity index (χ0v) is 16.5. The molecule has 0 spiro atoms. The number of methoxy groups -OCH3 is 1. The number of nitrogens with one attached hydrogen (secondary N) is 1. The molecule has 0 unspecified atom stereocenters. The van der Waals surface area contributed by atoms with E-state index in [0.717, 1.165) is 21.4 Å². The second kappa shape index (κ2) is 7.04. The van der Waals surface area contributed by atoms with E-state index in [1.165, 1.54) is 0 Å². The van der Waals surface area contributed by atoms with Crippen LogP contribution in [0.4, 0.5) is 11.4 Å². The summed E-state index contributed by atoms with van der Waals surface area (Å²) in [5.41, 5.74) is 4.10. The number of carbonyl (C=O) groups is 1. The third kappa shape index (κ3) is 3.17. The number of amides is 1. The van der Waals surface area contributed by atoms with Crippen LogP contribution < -0.4 is 15.0 Å². The Morgan fingerprint density at radius 2 is 2.00 bits per heavy atom. The summed E-state index contributed by atoms with van der Waals surface area (Å²) in [5.74, 6) is 0.611. The number of ether oxygens (including phenoxy) is 1. The van der Waals surface area contributed by atoms with Crippen LogP contribution in [0.5, 0.6) is 5.75 Å². The van der Waals surface area contributed by atoms with E-state index in [-0.39, 0.29) is 5.91 Å². The molecule has 1 amide bonds. The van der Waals surface area contributed by atoms with E-state index in [4.69, 9.17) is 4.74 Å². The lowest BCUT2D eigenvalue weighted by Gasteiger charge is -2.27. The van der Waals surface area contributed by atoms with E-state index in [1.807, 2.05) is 55.5 Å². The summed E-state index contributed by atoms with van der Waals surface area (Å²) in [6, 6.07) is 17.1. The number of aryl methyl sites for hydroxylation is 1. The molecule has 6 heteroatoms. The highest BCUT2D eigenvalue weighted by molar-refractivity contribution is 9.10. The van der Waals surface area contributed by atoms with Crippen molar-refractivity contribution in [1.82, 2.24) is 4.98 Å². The normalized spacial score (nSPS) is 15.6. The van der Waals surface area contributed by atoms with Crippen molar-refractivity contribution in [1.29, 1.82) is 0 Å². The van der Waals surface area contributed by atoms with Gasteiger partial charge in [-0.2, -0.15) is 0 Å². The van der Waals surface area contributed by atoms with Crippen molar-refractivity contribution in [2.45, 2.75) is 13.1 Å². The van der Waals surface area contributed by atoms with Gasteiger partial charge in [-0.15, -0.1) is 0 Å². The third-order valence-corrected chi connectivity index (χ3v) is 5.49. The van der Waals surface area contributed by atoms with Crippen LogP contribution >= 0.6 is 15.9 Å². The summed E-state index contributed by atoms with van der Waals surface area (Å²) in [4.78, 5) is 19.3. The average molecular weight is 424 g/mol. The van der Waals surface area contributed by atoms with Crippen LogP contribution in [0.15, 0.2) is 65.3 Å². The molecule has 2 aromatic carbocycles. The van der Waals surface area contributed by atoms with Crippen molar-refractivity contribution in [2.75, 3.05) is 17.3 Å². The van der Waals surface area contributed by atoms with Gasteiger partial charge in [-0.3, -0.25) is 14.7 Å². The lowest BCUT2D eigenvalue weighted by molar-refractivity contribution is 0.0993. The van der Waals surface area contributed by atoms with Gasteiger partial charge in [0.25, 0.3) is 5.91 Å². The molecule has 0 fully saturated rings. The Hall–Kier alpha value is -2.86. The maximum Gasteiger partial charge on any atom is 0.262 e. The maximum absolute atomic E-state index is 13.1. The monoisotopic (exact) mass is 423 g/mol. The number of benzene rings is 2. The minimum Gasteiger partial charge on any atom is -0.497 e. The van der Waals surface area contributed by atoms with Crippen molar-refractivity contribution in [2.24, 2.45) is 0 Å². The Bertz CT molecular complexity index is 1020. The first kappa shape index (κ1) is 17.5. The number of anilines is 2. The molecule has 1 atom stereocenters. The van der Waals surface area contributed by atoms with E-state index < -0.39 is 6.17 Å². The van der Waals surface area contributed by atoms with Crippen LogP contribution in [0, 0.1) is 6.92 Å². The highest BCUT2D eigenvalue weighted by atomic mass is 79.9. The Labute approximate surface area is 166 Å². The highest BCUT2D eigenvalue weighted by Crippen LogP contribution is 2.38. The molecule has 5 nitrogen and oxygen atoms in total. The van der Waals surface area contributed by atoms with Gasteiger partial charge < -0.3 is 10.1 Å². The molecule has 0 bridgehead atoms. The van der Waals surface area contributed by atoms with Crippen LogP contribution in [-0.4, -0.2) is 18.0 Å². The molecule has 0 saturated carbocycles. The van der Waals surface area contributed by atoms with Crippen molar-refractivity contribution >= 4 is 33.2 Å². The predicted molar refractivity (Wildman–Crippen MR) is 109 cm³/mol. The van der Waals surface area contributed by atoms with Crippen LogP contribution in [0.25, 0.3) is 0 Å². The molecule has 1 aromatic heterocycles. The second-order valence-corrected chi connectivity index (χ2v) is 7.18. The van der Waals surface area contributed by atoms with Gasteiger partial charge in [-0.25, -0.2) is 0 Å². The first-order valence-electron chi connectivity index (χ1n) is 8.53. The van der Waals surface area contributed by atoms with Crippen LogP contribution in [0.2, 0.25) is 0 Å². The Kier molecular flexibility index (Phi) is 4.58. The molecule has 0 aliphatic carbocycles. The van der Waals surface area contributed by atoms with E-state index in [1.54, 1.807) is 24.3 Å². The van der Waals surface area contributed by atoms with Crippen LogP contribution in [0.1, 0.15) is 27.8 Å². The zero-order valence-electron chi connectivity index (χ0n) is 14.9. The third-order valence-electron chi connectivity index (χ3n) is 4.60. The molecule has 27 heavy (non-hydrogen) atoms. The number of carbonyl (C=O) groups excluding carboxylic acids is 1. The summed E-state index contributed by atoms with van der Waals surface area (Å²) in [6.45, 7) is 2.03. The Morgan fingerprint density at radius 3 is 2.78 bits per heavy atom. The summed E-state index contributed by atoms with van der Waals surface area (Å²) in [7, 11) is 1.61. The van der Waals surface area contributed by atoms with E-state index in [0.29, 0.717) is 17.0 Å². The summed E-state index contributed by atoms with van der Waals surface area (Å²) >= 11 is 3.52. The van der Waals surface area contributed by atoms with Gasteiger partial charge in [0.1, 0.15) is 5.75 Å². The van der Waals surface area contributed by atoms with Gasteiger partial charge in [0.15, 0.2) is 6.17 Å².